The zero-order valence-electron chi connectivity index (χ0n) is 15.1. The van der Waals surface area contributed by atoms with Crippen molar-refractivity contribution in [2.45, 2.75) is 51.0 Å². The van der Waals surface area contributed by atoms with Crippen LogP contribution in [0.2, 0.25) is 0 Å². The van der Waals surface area contributed by atoms with Crippen molar-refractivity contribution in [1.82, 2.24) is 15.1 Å². The number of rotatable bonds is 2. The average Bonchev–Trinajstić information content (AvgIpc) is 2.89. The van der Waals surface area contributed by atoms with Gasteiger partial charge in [0.15, 0.2) is 0 Å². The lowest BCUT2D eigenvalue weighted by Crippen LogP contribution is -2.50. The molecule has 2 saturated heterocycles. The Kier molecular flexibility index (Phi) is 5.95. The summed E-state index contributed by atoms with van der Waals surface area (Å²) in [6.45, 7) is 4.76. The molecule has 1 aromatic rings. The van der Waals surface area contributed by atoms with Gasteiger partial charge in [-0.25, -0.2) is 4.79 Å². The van der Waals surface area contributed by atoms with Gasteiger partial charge in [-0.1, -0.05) is 30.3 Å². The number of carbonyl (C=O) groups excluding carboxylic acids is 2. The van der Waals surface area contributed by atoms with Crippen LogP contribution in [0.15, 0.2) is 30.3 Å². The fourth-order valence-electron chi connectivity index (χ4n) is 3.96. The number of benzene rings is 1. The molecule has 1 aromatic carbocycles. The van der Waals surface area contributed by atoms with Gasteiger partial charge < -0.3 is 15.1 Å². The van der Waals surface area contributed by atoms with Gasteiger partial charge in [0.25, 0.3) is 0 Å². The minimum absolute atomic E-state index is 0.0648. The fourth-order valence-corrected chi connectivity index (χ4v) is 3.96. The van der Waals surface area contributed by atoms with E-state index in [0.717, 1.165) is 58.3 Å². The summed E-state index contributed by atoms with van der Waals surface area (Å²) in [5.74, 6) is 0.682. The van der Waals surface area contributed by atoms with Gasteiger partial charge in [0.2, 0.25) is 5.91 Å². The number of carbonyl (C=O) groups is 2. The third-order valence-electron chi connectivity index (χ3n) is 5.55. The van der Waals surface area contributed by atoms with Crippen LogP contribution in [-0.2, 0) is 4.79 Å². The summed E-state index contributed by atoms with van der Waals surface area (Å²) in [5, 5.41) is 3.18. The second-order valence-electron chi connectivity index (χ2n) is 7.26. The molecule has 2 fully saturated rings. The number of nitrogens with one attached hydrogen (secondary N) is 1. The second kappa shape index (κ2) is 8.37. The third kappa shape index (κ3) is 4.74. The molecule has 5 heteroatoms. The Balaban J connectivity index is 1.48. The molecule has 0 spiro atoms. The molecule has 0 saturated carbocycles. The topological polar surface area (TPSA) is 52.7 Å². The predicted octanol–water partition coefficient (Wildman–Crippen LogP) is 2.98. The molecule has 3 amide bonds. The lowest BCUT2D eigenvalue weighted by molar-refractivity contribution is -0.129. The first-order valence-electron chi connectivity index (χ1n) is 9.49. The maximum atomic E-state index is 12.6. The van der Waals surface area contributed by atoms with Crippen LogP contribution in [0.1, 0.15) is 50.5 Å². The van der Waals surface area contributed by atoms with Crippen LogP contribution in [0.3, 0.4) is 0 Å². The fraction of sp³-hybridized carbons (Fsp3) is 0.600. The van der Waals surface area contributed by atoms with Gasteiger partial charge in [-0.05, 0) is 43.6 Å². The van der Waals surface area contributed by atoms with E-state index >= 15 is 0 Å². The van der Waals surface area contributed by atoms with Gasteiger partial charge >= 0.3 is 6.03 Å². The molecular weight excluding hydrogens is 314 g/mol. The molecule has 25 heavy (non-hydrogen) atoms. The highest BCUT2D eigenvalue weighted by Crippen LogP contribution is 2.27. The Morgan fingerprint density at radius 3 is 2.28 bits per heavy atom. The van der Waals surface area contributed by atoms with Gasteiger partial charge in [-0.15, -0.1) is 0 Å². The Bertz CT molecular complexity index is 582. The second-order valence-corrected chi connectivity index (χ2v) is 7.26. The van der Waals surface area contributed by atoms with Crippen LogP contribution >= 0.6 is 0 Å². The van der Waals surface area contributed by atoms with Crippen LogP contribution in [-0.4, -0.2) is 54.0 Å². The maximum Gasteiger partial charge on any atom is 0.317 e. The minimum Gasteiger partial charge on any atom is -0.343 e. The van der Waals surface area contributed by atoms with Gasteiger partial charge in [0, 0.05) is 39.1 Å². The van der Waals surface area contributed by atoms with E-state index in [0.29, 0.717) is 5.92 Å². The molecule has 0 aliphatic carbocycles. The van der Waals surface area contributed by atoms with Gasteiger partial charge in [0.05, 0.1) is 0 Å². The number of hydrogen-bond donors (Lipinski definition) is 1. The van der Waals surface area contributed by atoms with E-state index in [4.69, 9.17) is 0 Å². The molecule has 0 bridgehead atoms. The van der Waals surface area contributed by atoms with Crippen molar-refractivity contribution in [3.8, 4) is 0 Å². The number of hydrogen-bond acceptors (Lipinski definition) is 2. The number of likely N-dealkylation sites (tertiary alicyclic amines) is 2. The third-order valence-corrected chi connectivity index (χ3v) is 5.55. The highest BCUT2D eigenvalue weighted by Gasteiger charge is 2.26. The van der Waals surface area contributed by atoms with E-state index in [-0.39, 0.29) is 18.0 Å². The first kappa shape index (κ1) is 17.8. The predicted molar refractivity (Wildman–Crippen MR) is 98.4 cm³/mol. The van der Waals surface area contributed by atoms with Crippen LogP contribution in [0.5, 0.6) is 0 Å². The van der Waals surface area contributed by atoms with Crippen LogP contribution in [0.4, 0.5) is 4.79 Å². The molecular formula is C20H29N3O2. The maximum absolute atomic E-state index is 12.6. The molecule has 2 heterocycles. The lowest BCUT2D eigenvalue weighted by atomic mass is 9.92. The molecule has 0 unspecified atom stereocenters. The molecule has 136 valence electrons. The number of urea groups is 1. The first-order valence-corrected chi connectivity index (χ1v) is 9.49. The Morgan fingerprint density at radius 1 is 0.920 bits per heavy atom. The van der Waals surface area contributed by atoms with Crippen molar-refractivity contribution in [1.29, 1.82) is 0 Å². The summed E-state index contributed by atoms with van der Waals surface area (Å²) in [4.78, 5) is 27.8. The zero-order chi connectivity index (χ0) is 17.6. The lowest BCUT2D eigenvalue weighted by Gasteiger charge is -2.33. The SMILES string of the molecule is CC(=O)N1CCC(NC(=O)N2CCC[C@H](c3ccccc3)CC2)CC1. The van der Waals surface area contributed by atoms with Gasteiger partial charge in [-0.2, -0.15) is 0 Å². The smallest absolute Gasteiger partial charge is 0.317 e. The molecule has 0 aromatic heterocycles. The van der Waals surface area contributed by atoms with Crippen molar-refractivity contribution in [2.75, 3.05) is 26.2 Å². The molecule has 1 atom stereocenters. The minimum atomic E-state index is 0.0648. The molecule has 3 rings (SSSR count). The molecule has 5 nitrogen and oxygen atoms in total. The Hall–Kier alpha value is -2.04. The van der Waals surface area contributed by atoms with Crippen molar-refractivity contribution in [3.63, 3.8) is 0 Å². The summed E-state index contributed by atoms with van der Waals surface area (Å²) in [7, 11) is 0. The highest BCUT2D eigenvalue weighted by molar-refractivity contribution is 5.75. The van der Waals surface area contributed by atoms with E-state index in [1.807, 2.05) is 9.80 Å². The summed E-state index contributed by atoms with van der Waals surface area (Å²) in [6, 6.07) is 10.9. The van der Waals surface area contributed by atoms with Crippen molar-refractivity contribution in [2.24, 2.45) is 0 Å². The summed E-state index contributed by atoms with van der Waals surface area (Å²) in [6.07, 6.45) is 4.93. The van der Waals surface area contributed by atoms with Crippen LogP contribution < -0.4 is 5.32 Å². The van der Waals surface area contributed by atoms with E-state index in [9.17, 15) is 9.59 Å². The number of amides is 3. The van der Waals surface area contributed by atoms with Gasteiger partial charge in [-0.3, -0.25) is 4.79 Å². The van der Waals surface area contributed by atoms with Gasteiger partial charge in [0.1, 0.15) is 0 Å². The Morgan fingerprint density at radius 2 is 1.60 bits per heavy atom. The monoisotopic (exact) mass is 343 g/mol. The summed E-state index contributed by atoms with van der Waals surface area (Å²) >= 11 is 0. The quantitative estimate of drug-likeness (QED) is 0.897. The van der Waals surface area contributed by atoms with Crippen molar-refractivity contribution >= 4 is 11.9 Å². The summed E-state index contributed by atoms with van der Waals surface area (Å²) in [5.41, 5.74) is 1.39. The standard InChI is InChI=1S/C20H29N3O2/c1-16(24)22-14-10-19(11-15-22)21-20(25)23-12-5-8-18(9-13-23)17-6-3-2-4-7-17/h2-4,6-7,18-19H,5,8-15H2,1H3,(H,21,25)/t18-/m0/s1. The largest absolute Gasteiger partial charge is 0.343 e. The number of piperidine rings is 1. The van der Waals surface area contributed by atoms with E-state index in [1.165, 1.54) is 5.56 Å². The van der Waals surface area contributed by atoms with E-state index in [2.05, 4.69) is 35.6 Å². The van der Waals surface area contributed by atoms with Crippen LogP contribution in [0, 0.1) is 0 Å². The van der Waals surface area contributed by atoms with Crippen molar-refractivity contribution in [3.05, 3.63) is 35.9 Å². The molecule has 0 radical (unpaired) electrons. The average molecular weight is 343 g/mol. The molecule has 2 aliphatic rings. The number of nitrogens with zero attached hydrogens (tertiary/aromatic N) is 2. The van der Waals surface area contributed by atoms with E-state index in [1.54, 1.807) is 6.92 Å². The van der Waals surface area contributed by atoms with E-state index < -0.39 is 0 Å². The molecule has 2 aliphatic heterocycles. The highest BCUT2D eigenvalue weighted by atomic mass is 16.2. The zero-order valence-corrected chi connectivity index (χ0v) is 15.1. The Labute approximate surface area is 150 Å². The van der Waals surface area contributed by atoms with Crippen molar-refractivity contribution < 1.29 is 9.59 Å². The first-order chi connectivity index (χ1) is 12.1. The van der Waals surface area contributed by atoms with Crippen LogP contribution in [0.25, 0.3) is 0 Å². The molecule has 1 N–H and O–H groups in total. The summed E-state index contributed by atoms with van der Waals surface area (Å²) < 4.78 is 0. The normalized spacial score (nSPS) is 22.4.